The second-order valence-corrected chi connectivity index (χ2v) is 9.70. The van der Waals surface area contributed by atoms with Gasteiger partial charge in [0, 0.05) is 24.7 Å². The van der Waals surface area contributed by atoms with E-state index in [1.165, 1.54) is 21.9 Å². The number of hydrogen-bond acceptors (Lipinski definition) is 8. The zero-order valence-electron chi connectivity index (χ0n) is 17.7. The van der Waals surface area contributed by atoms with Crippen LogP contribution in [0.5, 0.6) is 0 Å². The number of anilines is 1. The average molecular weight is 487 g/mol. The van der Waals surface area contributed by atoms with Gasteiger partial charge in [-0.1, -0.05) is 23.4 Å². The van der Waals surface area contributed by atoms with E-state index in [9.17, 15) is 17.2 Å². The van der Waals surface area contributed by atoms with Gasteiger partial charge in [-0.15, -0.1) is 0 Å². The molecule has 0 radical (unpaired) electrons. The number of hydrogen-bond donors (Lipinski definition) is 1. The predicted octanol–water partition coefficient (Wildman–Crippen LogP) is 2.19. The Morgan fingerprint density at radius 1 is 1.15 bits per heavy atom. The molecule has 0 saturated carbocycles. The lowest BCUT2D eigenvalue weighted by molar-refractivity contribution is 0.421. The van der Waals surface area contributed by atoms with E-state index in [1.54, 1.807) is 30.3 Å². The van der Waals surface area contributed by atoms with Crippen molar-refractivity contribution < 1.29 is 21.7 Å². The molecule has 1 fully saturated rings. The number of primary sulfonamides is 1. The molecule has 3 aromatic heterocycles. The summed E-state index contributed by atoms with van der Waals surface area (Å²) in [6, 6.07) is 9.60. The molecule has 1 aromatic carbocycles. The molecule has 1 aliphatic rings. The van der Waals surface area contributed by atoms with Crippen molar-refractivity contribution in [3.8, 4) is 22.9 Å². The van der Waals surface area contributed by atoms with Crippen LogP contribution in [0.25, 0.3) is 22.9 Å². The monoisotopic (exact) mass is 487 g/mol. The fourth-order valence-corrected chi connectivity index (χ4v) is 4.70. The standard InChI is InChI=1S/C21H19F2N7O3S/c22-15-4-2-1-3-13(15)11-30-19(17-6-8-33-28-17)9-18(27-30)20-25-10-16(23)21(26-20)29-7-5-14(12-29)34(24,31)32/h1-4,6,8-10,14H,5,7,11-12H2,(H2,24,31,32). The van der Waals surface area contributed by atoms with E-state index in [-0.39, 0.29) is 43.5 Å². The van der Waals surface area contributed by atoms with Crippen LogP contribution in [0.3, 0.4) is 0 Å². The summed E-state index contributed by atoms with van der Waals surface area (Å²) in [5.74, 6) is -0.999. The van der Waals surface area contributed by atoms with Crippen LogP contribution in [0, 0.1) is 11.6 Å². The minimum Gasteiger partial charge on any atom is -0.364 e. The van der Waals surface area contributed by atoms with Crippen LogP contribution in [0.15, 0.2) is 53.4 Å². The lowest BCUT2D eigenvalue weighted by Gasteiger charge is -2.17. The Hall–Kier alpha value is -3.71. The minimum absolute atomic E-state index is 0.0259. The van der Waals surface area contributed by atoms with E-state index in [1.807, 2.05) is 0 Å². The Morgan fingerprint density at radius 3 is 2.68 bits per heavy atom. The third-order valence-electron chi connectivity index (χ3n) is 5.62. The first-order chi connectivity index (χ1) is 16.3. The lowest BCUT2D eigenvalue weighted by atomic mass is 10.2. The Labute approximate surface area is 193 Å². The molecule has 0 aliphatic carbocycles. The van der Waals surface area contributed by atoms with Gasteiger partial charge < -0.3 is 9.42 Å². The maximum Gasteiger partial charge on any atom is 0.213 e. The molecule has 10 nitrogen and oxygen atoms in total. The van der Waals surface area contributed by atoms with E-state index < -0.39 is 21.1 Å². The highest BCUT2D eigenvalue weighted by atomic mass is 32.2. The number of rotatable bonds is 6. The molecule has 1 atom stereocenters. The van der Waals surface area contributed by atoms with Crippen molar-refractivity contribution >= 4 is 15.8 Å². The van der Waals surface area contributed by atoms with Crippen LogP contribution in [0.4, 0.5) is 14.6 Å². The van der Waals surface area contributed by atoms with Crippen molar-refractivity contribution in [1.82, 2.24) is 24.9 Å². The molecule has 2 N–H and O–H groups in total. The van der Waals surface area contributed by atoms with Gasteiger partial charge in [-0.2, -0.15) is 5.10 Å². The van der Waals surface area contributed by atoms with Gasteiger partial charge in [-0.3, -0.25) is 4.68 Å². The molecule has 34 heavy (non-hydrogen) atoms. The van der Waals surface area contributed by atoms with Gasteiger partial charge in [-0.25, -0.2) is 32.3 Å². The number of nitrogens with two attached hydrogens (primary N) is 1. The van der Waals surface area contributed by atoms with E-state index in [0.717, 1.165) is 6.20 Å². The average Bonchev–Trinajstić information content (AvgIpc) is 3.56. The number of aromatic nitrogens is 5. The first-order valence-corrected chi connectivity index (χ1v) is 11.9. The molecule has 1 aliphatic heterocycles. The fraction of sp³-hybridized carbons (Fsp3) is 0.238. The molecule has 1 saturated heterocycles. The lowest BCUT2D eigenvalue weighted by Crippen LogP contribution is -2.32. The van der Waals surface area contributed by atoms with E-state index >= 15 is 0 Å². The summed E-state index contributed by atoms with van der Waals surface area (Å²) in [7, 11) is -3.75. The maximum absolute atomic E-state index is 14.6. The normalized spacial score (nSPS) is 16.3. The van der Waals surface area contributed by atoms with E-state index in [0.29, 0.717) is 22.6 Å². The molecule has 0 spiro atoms. The smallest absolute Gasteiger partial charge is 0.213 e. The molecule has 5 rings (SSSR count). The van der Waals surface area contributed by atoms with Crippen molar-refractivity contribution in [3.63, 3.8) is 0 Å². The number of nitrogens with zero attached hydrogens (tertiary/aromatic N) is 6. The number of sulfonamides is 1. The molecular formula is C21H19F2N7O3S. The molecule has 13 heteroatoms. The Morgan fingerprint density at radius 2 is 1.97 bits per heavy atom. The van der Waals surface area contributed by atoms with Crippen LogP contribution in [-0.2, 0) is 16.6 Å². The van der Waals surface area contributed by atoms with Crippen molar-refractivity contribution in [2.24, 2.45) is 5.14 Å². The summed E-state index contributed by atoms with van der Waals surface area (Å²) in [5.41, 5.74) is 1.70. The number of benzene rings is 1. The van der Waals surface area contributed by atoms with Crippen LogP contribution < -0.4 is 10.0 Å². The first-order valence-electron chi connectivity index (χ1n) is 10.3. The van der Waals surface area contributed by atoms with Gasteiger partial charge >= 0.3 is 0 Å². The summed E-state index contributed by atoms with van der Waals surface area (Å²) in [6.45, 7) is 0.406. The maximum atomic E-state index is 14.6. The van der Waals surface area contributed by atoms with Gasteiger partial charge in [0.25, 0.3) is 0 Å². The van der Waals surface area contributed by atoms with Crippen LogP contribution >= 0.6 is 0 Å². The SMILES string of the molecule is NS(=O)(=O)C1CCN(c2nc(-c3cc(-c4ccon4)n(Cc4ccccc4F)n3)ncc2F)C1. The first kappa shape index (κ1) is 22.1. The molecule has 0 bridgehead atoms. The highest BCUT2D eigenvalue weighted by Crippen LogP contribution is 2.28. The van der Waals surface area contributed by atoms with Crippen molar-refractivity contribution in [2.75, 3.05) is 18.0 Å². The highest BCUT2D eigenvalue weighted by molar-refractivity contribution is 7.89. The largest absolute Gasteiger partial charge is 0.364 e. The second kappa shape index (κ2) is 8.57. The highest BCUT2D eigenvalue weighted by Gasteiger charge is 2.33. The van der Waals surface area contributed by atoms with Gasteiger partial charge in [0.2, 0.25) is 10.0 Å². The van der Waals surface area contributed by atoms with Crippen LogP contribution in [0.2, 0.25) is 0 Å². The summed E-state index contributed by atoms with van der Waals surface area (Å²) in [5, 5.41) is 12.9. The van der Waals surface area contributed by atoms with Gasteiger partial charge in [-0.05, 0) is 18.6 Å². The quantitative estimate of drug-likeness (QED) is 0.438. The van der Waals surface area contributed by atoms with Gasteiger partial charge in [0.1, 0.15) is 23.5 Å². The number of halogens is 2. The predicted molar refractivity (Wildman–Crippen MR) is 118 cm³/mol. The molecule has 4 heterocycles. The molecule has 1 unspecified atom stereocenters. The van der Waals surface area contributed by atoms with Crippen LogP contribution in [-0.4, -0.2) is 51.7 Å². The Balaban J connectivity index is 1.52. The van der Waals surface area contributed by atoms with E-state index in [2.05, 4.69) is 20.2 Å². The third-order valence-corrected chi connectivity index (χ3v) is 6.94. The molecule has 176 valence electrons. The van der Waals surface area contributed by atoms with Crippen molar-refractivity contribution in [1.29, 1.82) is 0 Å². The summed E-state index contributed by atoms with van der Waals surface area (Å²) < 4.78 is 58.7. The molecule has 4 aromatic rings. The van der Waals surface area contributed by atoms with Gasteiger partial charge in [0.15, 0.2) is 17.5 Å². The van der Waals surface area contributed by atoms with E-state index in [4.69, 9.17) is 9.66 Å². The summed E-state index contributed by atoms with van der Waals surface area (Å²) in [6.07, 6.45) is 2.68. The second-order valence-electron chi connectivity index (χ2n) is 7.86. The molecular weight excluding hydrogens is 468 g/mol. The van der Waals surface area contributed by atoms with Crippen molar-refractivity contribution in [3.05, 3.63) is 66.1 Å². The summed E-state index contributed by atoms with van der Waals surface area (Å²) in [4.78, 5) is 9.89. The van der Waals surface area contributed by atoms with Crippen molar-refractivity contribution in [2.45, 2.75) is 18.2 Å². The Bertz CT molecular complexity index is 1440. The topological polar surface area (TPSA) is 133 Å². The third kappa shape index (κ3) is 4.26. The zero-order chi connectivity index (χ0) is 23.9. The zero-order valence-corrected chi connectivity index (χ0v) is 18.5. The summed E-state index contributed by atoms with van der Waals surface area (Å²) >= 11 is 0. The Kier molecular flexibility index (Phi) is 5.57. The minimum atomic E-state index is -3.75. The van der Waals surface area contributed by atoms with Crippen LogP contribution in [0.1, 0.15) is 12.0 Å². The fourth-order valence-electron chi connectivity index (χ4n) is 3.88. The molecule has 0 amide bonds. The van der Waals surface area contributed by atoms with Gasteiger partial charge in [0.05, 0.1) is 23.7 Å².